The summed E-state index contributed by atoms with van der Waals surface area (Å²) in [4.78, 5) is 35.6. The summed E-state index contributed by atoms with van der Waals surface area (Å²) in [5.74, 6) is -0.499. The molecule has 1 aromatic carbocycles. The third-order valence-electron chi connectivity index (χ3n) is 2.64. The van der Waals surface area contributed by atoms with E-state index in [1.807, 2.05) is 0 Å². The predicted octanol–water partition coefficient (Wildman–Crippen LogP) is 1.21. The van der Waals surface area contributed by atoms with E-state index in [0.29, 0.717) is 5.56 Å². The van der Waals surface area contributed by atoms with Gasteiger partial charge in [0.15, 0.2) is 0 Å². The van der Waals surface area contributed by atoms with Gasteiger partial charge < -0.3 is 10.3 Å². The Labute approximate surface area is 113 Å². The Morgan fingerprint density at radius 2 is 1.95 bits per heavy atom. The van der Waals surface area contributed by atoms with Crippen LogP contribution in [0, 0.1) is 10.1 Å². The lowest BCUT2D eigenvalue weighted by Gasteiger charge is -2.05. The van der Waals surface area contributed by atoms with Crippen molar-refractivity contribution in [2.24, 2.45) is 0 Å². The fourth-order valence-electron chi connectivity index (χ4n) is 1.69. The van der Waals surface area contributed by atoms with Gasteiger partial charge in [-0.3, -0.25) is 19.7 Å². The van der Waals surface area contributed by atoms with E-state index in [1.54, 1.807) is 18.2 Å². The van der Waals surface area contributed by atoms with Gasteiger partial charge in [-0.2, -0.15) is 0 Å². The number of pyridine rings is 1. The van der Waals surface area contributed by atoms with Gasteiger partial charge >= 0.3 is 0 Å². The fourth-order valence-corrected chi connectivity index (χ4v) is 1.69. The summed E-state index contributed by atoms with van der Waals surface area (Å²) in [5, 5.41) is 13.4. The second-order valence-corrected chi connectivity index (χ2v) is 4.00. The van der Waals surface area contributed by atoms with Crippen LogP contribution in [0.4, 0.5) is 5.69 Å². The van der Waals surface area contributed by atoms with Crippen LogP contribution in [0.3, 0.4) is 0 Å². The molecule has 0 radical (unpaired) electrons. The van der Waals surface area contributed by atoms with Crippen LogP contribution < -0.4 is 10.9 Å². The molecule has 20 heavy (non-hydrogen) atoms. The Kier molecular flexibility index (Phi) is 3.90. The normalized spacial score (nSPS) is 10.0. The van der Waals surface area contributed by atoms with Crippen LogP contribution in [-0.4, -0.2) is 15.8 Å². The van der Waals surface area contributed by atoms with Crippen LogP contribution in [0.5, 0.6) is 0 Å². The first-order chi connectivity index (χ1) is 9.58. The van der Waals surface area contributed by atoms with Gasteiger partial charge in [-0.1, -0.05) is 24.3 Å². The van der Waals surface area contributed by atoms with Crippen LogP contribution in [-0.2, 0) is 6.54 Å². The number of hydrogen-bond donors (Lipinski definition) is 2. The van der Waals surface area contributed by atoms with Crippen molar-refractivity contribution < 1.29 is 9.72 Å². The number of nitrogens with zero attached hydrogens (tertiary/aromatic N) is 1. The zero-order valence-electron chi connectivity index (χ0n) is 10.3. The van der Waals surface area contributed by atoms with E-state index < -0.39 is 10.8 Å². The highest BCUT2D eigenvalue weighted by atomic mass is 16.6. The number of rotatable bonds is 4. The summed E-state index contributed by atoms with van der Waals surface area (Å²) < 4.78 is 0. The molecule has 1 aromatic heterocycles. The number of carbonyl (C=O) groups is 1. The number of benzene rings is 1. The van der Waals surface area contributed by atoms with Crippen molar-refractivity contribution >= 4 is 11.6 Å². The Morgan fingerprint density at radius 1 is 1.20 bits per heavy atom. The molecule has 0 aliphatic carbocycles. The van der Waals surface area contributed by atoms with E-state index in [1.165, 1.54) is 24.3 Å². The molecule has 0 aliphatic heterocycles. The minimum atomic E-state index is -0.508. The molecule has 1 amide bonds. The molecule has 2 N–H and O–H groups in total. The standard InChI is InChI=1S/C13H11N3O4/c17-12-7-3-5-10(15-12)13(18)14-8-9-4-1-2-6-11(9)16(19)20/h1-7H,8H2,(H,14,18)(H,15,17). The number of nitro groups is 1. The fraction of sp³-hybridized carbons (Fsp3) is 0.0769. The maximum atomic E-state index is 11.8. The van der Waals surface area contributed by atoms with Crippen LogP contribution >= 0.6 is 0 Å². The molecule has 2 rings (SSSR count). The van der Waals surface area contributed by atoms with Crippen molar-refractivity contribution in [2.75, 3.05) is 0 Å². The van der Waals surface area contributed by atoms with Gasteiger partial charge in [0.25, 0.3) is 11.6 Å². The molecule has 102 valence electrons. The average molecular weight is 273 g/mol. The van der Waals surface area contributed by atoms with E-state index in [0.717, 1.165) is 0 Å². The van der Waals surface area contributed by atoms with Gasteiger partial charge in [-0.15, -0.1) is 0 Å². The lowest BCUT2D eigenvalue weighted by atomic mass is 10.2. The van der Waals surface area contributed by atoms with E-state index in [9.17, 15) is 19.7 Å². The van der Waals surface area contributed by atoms with Gasteiger partial charge in [0, 0.05) is 24.2 Å². The van der Waals surface area contributed by atoms with Gasteiger partial charge in [-0.25, -0.2) is 0 Å². The number of nitrogens with one attached hydrogen (secondary N) is 2. The molecule has 0 atom stereocenters. The molecule has 0 unspecified atom stereocenters. The predicted molar refractivity (Wildman–Crippen MR) is 71.3 cm³/mol. The minimum absolute atomic E-state index is 0.00686. The third-order valence-corrected chi connectivity index (χ3v) is 2.64. The molecule has 0 spiro atoms. The maximum absolute atomic E-state index is 11.8. The number of nitro benzene ring substituents is 1. The molecule has 7 heteroatoms. The number of aromatic amines is 1. The van der Waals surface area contributed by atoms with Gasteiger partial charge in [0.1, 0.15) is 5.69 Å². The van der Waals surface area contributed by atoms with E-state index in [2.05, 4.69) is 10.3 Å². The van der Waals surface area contributed by atoms with Crippen LogP contribution in [0.15, 0.2) is 47.3 Å². The molecular formula is C13H11N3O4. The molecule has 2 aromatic rings. The van der Waals surface area contributed by atoms with E-state index in [4.69, 9.17) is 0 Å². The maximum Gasteiger partial charge on any atom is 0.274 e. The molecule has 7 nitrogen and oxygen atoms in total. The number of hydrogen-bond acceptors (Lipinski definition) is 4. The van der Waals surface area contributed by atoms with Gasteiger partial charge in [0.2, 0.25) is 5.56 Å². The molecule has 0 bridgehead atoms. The van der Waals surface area contributed by atoms with Crippen molar-refractivity contribution in [1.29, 1.82) is 0 Å². The average Bonchev–Trinajstić information content (AvgIpc) is 2.45. The molecule has 0 saturated heterocycles. The first-order valence-electron chi connectivity index (χ1n) is 5.78. The molecule has 0 fully saturated rings. The number of aromatic nitrogens is 1. The first kappa shape index (κ1) is 13.5. The van der Waals surface area contributed by atoms with Crippen molar-refractivity contribution in [3.8, 4) is 0 Å². The monoisotopic (exact) mass is 273 g/mol. The van der Waals surface area contributed by atoms with E-state index in [-0.39, 0.29) is 23.5 Å². The lowest BCUT2D eigenvalue weighted by Crippen LogP contribution is -2.26. The second kappa shape index (κ2) is 5.79. The molecule has 1 heterocycles. The number of amides is 1. The zero-order chi connectivity index (χ0) is 14.5. The zero-order valence-corrected chi connectivity index (χ0v) is 10.3. The van der Waals surface area contributed by atoms with Crippen molar-refractivity contribution in [1.82, 2.24) is 10.3 Å². The molecule has 0 saturated carbocycles. The van der Waals surface area contributed by atoms with E-state index >= 15 is 0 Å². The quantitative estimate of drug-likeness (QED) is 0.645. The summed E-state index contributed by atoms with van der Waals surface area (Å²) in [6.45, 7) is 0.00686. The highest BCUT2D eigenvalue weighted by Gasteiger charge is 2.13. The topological polar surface area (TPSA) is 105 Å². The smallest absolute Gasteiger partial charge is 0.274 e. The molecular weight excluding hydrogens is 262 g/mol. The Morgan fingerprint density at radius 3 is 2.65 bits per heavy atom. The Hall–Kier alpha value is -2.96. The van der Waals surface area contributed by atoms with Crippen molar-refractivity contribution in [3.05, 3.63) is 74.2 Å². The number of carbonyl (C=O) groups excluding carboxylic acids is 1. The Bertz CT molecular complexity index is 709. The lowest BCUT2D eigenvalue weighted by molar-refractivity contribution is -0.385. The van der Waals surface area contributed by atoms with Gasteiger partial charge in [-0.05, 0) is 6.07 Å². The number of para-hydroxylation sites is 1. The molecule has 0 aliphatic rings. The highest BCUT2D eigenvalue weighted by molar-refractivity contribution is 5.92. The van der Waals surface area contributed by atoms with Crippen LogP contribution in [0.25, 0.3) is 0 Å². The van der Waals surface area contributed by atoms with Crippen molar-refractivity contribution in [3.63, 3.8) is 0 Å². The summed E-state index contributed by atoms with van der Waals surface area (Å²) in [5.41, 5.74) is 0.0536. The summed E-state index contributed by atoms with van der Waals surface area (Å²) in [6.07, 6.45) is 0. The van der Waals surface area contributed by atoms with Crippen molar-refractivity contribution in [2.45, 2.75) is 6.54 Å². The Balaban J connectivity index is 2.11. The SMILES string of the molecule is O=C(NCc1ccccc1[N+](=O)[O-])c1cccc(=O)[nH]1. The highest BCUT2D eigenvalue weighted by Crippen LogP contribution is 2.17. The summed E-state index contributed by atoms with van der Waals surface area (Å²) >= 11 is 0. The largest absolute Gasteiger partial charge is 0.346 e. The van der Waals surface area contributed by atoms with Gasteiger partial charge in [0.05, 0.1) is 4.92 Å². The number of H-pyrrole nitrogens is 1. The second-order valence-electron chi connectivity index (χ2n) is 4.00. The van der Waals surface area contributed by atoms with Crippen LogP contribution in [0.1, 0.15) is 16.1 Å². The third kappa shape index (κ3) is 3.08. The summed E-state index contributed by atoms with van der Waals surface area (Å²) in [7, 11) is 0. The summed E-state index contributed by atoms with van der Waals surface area (Å²) in [6, 6.07) is 10.3. The first-order valence-corrected chi connectivity index (χ1v) is 5.78. The van der Waals surface area contributed by atoms with Crippen LogP contribution in [0.2, 0.25) is 0 Å². The minimum Gasteiger partial charge on any atom is -0.346 e.